The van der Waals surface area contributed by atoms with Gasteiger partial charge in [0.15, 0.2) is 0 Å². The van der Waals surface area contributed by atoms with E-state index >= 15 is 0 Å². The fourth-order valence-corrected chi connectivity index (χ4v) is 5.08. The van der Waals surface area contributed by atoms with Gasteiger partial charge < -0.3 is 19.5 Å². The number of aliphatic hydroxyl groups excluding tert-OH is 1. The Morgan fingerprint density at radius 3 is 2.51 bits per heavy atom. The molecule has 1 amide bonds. The van der Waals surface area contributed by atoms with Gasteiger partial charge in [0.05, 0.1) is 24.8 Å². The zero-order chi connectivity index (χ0) is 27.2. The zero-order valence-electron chi connectivity index (χ0n) is 22.1. The minimum atomic E-state index is -0.708. The van der Waals surface area contributed by atoms with E-state index in [-0.39, 0.29) is 11.3 Å². The van der Waals surface area contributed by atoms with Crippen LogP contribution >= 0.6 is 0 Å². The third-order valence-corrected chi connectivity index (χ3v) is 7.30. The molecule has 1 unspecified atom stereocenters. The molecule has 8 heteroatoms. The number of ketones is 1. The minimum absolute atomic E-state index is 0.0768. The first kappa shape index (κ1) is 26.6. The average Bonchev–Trinajstić information content (AvgIpc) is 3.23. The SMILES string of the molecule is Cc1ccccc1COc1ccc(/C(O)=C2/C(=O)C(=O)N(CCCN3CCOCC3)C2c2cccnc2)cc1. The molecule has 2 aliphatic rings. The van der Waals surface area contributed by atoms with Gasteiger partial charge in [-0.3, -0.25) is 19.5 Å². The van der Waals surface area contributed by atoms with Crippen molar-refractivity contribution in [3.05, 3.63) is 101 Å². The van der Waals surface area contributed by atoms with Crippen LogP contribution in [0.25, 0.3) is 5.76 Å². The number of carbonyl (C=O) groups excluding carboxylic acids is 2. The van der Waals surface area contributed by atoms with Crippen LogP contribution in [-0.2, 0) is 20.9 Å². The van der Waals surface area contributed by atoms with Crippen molar-refractivity contribution < 1.29 is 24.2 Å². The Kier molecular flexibility index (Phi) is 8.34. The number of aliphatic hydroxyl groups is 1. The van der Waals surface area contributed by atoms with E-state index in [9.17, 15) is 14.7 Å². The maximum absolute atomic E-state index is 13.3. The van der Waals surface area contributed by atoms with Gasteiger partial charge in [-0.25, -0.2) is 0 Å². The molecular formula is C31H33N3O5. The van der Waals surface area contributed by atoms with Crippen molar-refractivity contribution in [1.29, 1.82) is 0 Å². The number of nitrogens with zero attached hydrogens (tertiary/aromatic N) is 3. The Hall–Kier alpha value is -4.01. The van der Waals surface area contributed by atoms with Crippen LogP contribution in [0.5, 0.6) is 5.75 Å². The summed E-state index contributed by atoms with van der Waals surface area (Å²) >= 11 is 0. The third-order valence-electron chi connectivity index (χ3n) is 7.30. The second-order valence-corrected chi connectivity index (χ2v) is 9.83. The molecule has 1 aromatic heterocycles. The molecule has 1 N–H and O–H groups in total. The van der Waals surface area contributed by atoms with Crippen LogP contribution in [-0.4, -0.2) is 71.0 Å². The molecule has 0 aliphatic carbocycles. The lowest BCUT2D eigenvalue weighted by Crippen LogP contribution is -2.39. The lowest BCUT2D eigenvalue weighted by Gasteiger charge is -2.29. The summed E-state index contributed by atoms with van der Waals surface area (Å²) in [6.07, 6.45) is 3.99. The molecule has 3 aromatic rings. The Labute approximate surface area is 228 Å². The molecular weight excluding hydrogens is 494 g/mol. The summed E-state index contributed by atoms with van der Waals surface area (Å²) in [6.45, 7) is 6.78. The second-order valence-electron chi connectivity index (χ2n) is 9.83. The van der Waals surface area contributed by atoms with E-state index in [1.807, 2.05) is 37.3 Å². The number of amides is 1. The van der Waals surface area contributed by atoms with Crippen LogP contribution < -0.4 is 4.74 Å². The standard InChI is InChI=1S/C31H33N3O5/c1-22-6-2-3-7-25(22)21-39-26-11-9-23(10-12-26)29(35)27-28(24-8-4-13-32-20-24)34(31(37)30(27)36)15-5-14-33-16-18-38-19-17-33/h2-4,6-13,20,28,35H,5,14-19,21H2,1H3/b29-27-. The van der Waals surface area contributed by atoms with Crippen molar-refractivity contribution in [3.63, 3.8) is 0 Å². The number of morpholine rings is 1. The molecule has 2 fully saturated rings. The normalized spacial score (nSPS) is 19.4. The smallest absolute Gasteiger partial charge is 0.295 e. The van der Waals surface area contributed by atoms with E-state index < -0.39 is 17.7 Å². The van der Waals surface area contributed by atoms with Gasteiger partial charge in [0.1, 0.15) is 18.1 Å². The van der Waals surface area contributed by atoms with E-state index in [0.29, 0.717) is 49.7 Å². The van der Waals surface area contributed by atoms with E-state index in [1.165, 1.54) is 0 Å². The molecule has 2 saturated heterocycles. The molecule has 3 heterocycles. The van der Waals surface area contributed by atoms with Crippen molar-refractivity contribution in [1.82, 2.24) is 14.8 Å². The molecule has 8 nitrogen and oxygen atoms in total. The highest BCUT2D eigenvalue weighted by atomic mass is 16.5. The maximum Gasteiger partial charge on any atom is 0.295 e. The van der Waals surface area contributed by atoms with Gasteiger partial charge in [-0.2, -0.15) is 0 Å². The second kappa shape index (κ2) is 12.2. The monoisotopic (exact) mass is 527 g/mol. The van der Waals surface area contributed by atoms with Gasteiger partial charge in [-0.05, 0) is 60.4 Å². The summed E-state index contributed by atoms with van der Waals surface area (Å²) in [7, 11) is 0. The fourth-order valence-electron chi connectivity index (χ4n) is 5.08. The van der Waals surface area contributed by atoms with Crippen molar-refractivity contribution in [2.45, 2.75) is 26.0 Å². The first-order valence-corrected chi connectivity index (χ1v) is 13.3. The van der Waals surface area contributed by atoms with Crippen LogP contribution in [0.2, 0.25) is 0 Å². The first-order valence-electron chi connectivity index (χ1n) is 13.3. The number of Topliss-reactive ketones (excluding diaryl/α,β-unsaturated/α-hetero) is 1. The van der Waals surface area contributed by atoms with Gasteiger partial charge in [-0.1, -0.05) is 30.3 Å². The largest absolute Gasteiger partial charge is 0.507 e. The van der Waals surface area contributed by atoms with E-state index in [2.05, 4.69) is 9.88 Å². The van der Waals surface area contributed by atoms with Gasteiger partial charge >= 0.3 is 0 Å². The summed E-state index contributed by atoms with van der Waals surface area (Å²) in [6, 6.07) is 17.8. The summed E-state index contributed by atoms with van der Waals surface area (Å²) in [5.41, 5.74) is 3.45. The number of carbonyl (C=O) groups is 2. The average molecular weight is 528 g/mol. The predicted octanol–water partition coefficient (Wildman–Crippen LogP) is 4.11. The predicted molar refractivity (Wildman–Crippen MR) is 147 cm³/mol. The molecule has 5 rings (SSSR count). The molecule has 202 valence electrons. The Bertz CT molecular complexity index is 1330. The number of aryl methyl sites for hydroxylation is 1. The minimum Gasteiger partial charge on any atom is -0.507 e. The molecule has 1 atom stereocenters. The van der Waals surface area contributed by atoms with Crippen molar-refractivity contribution in [3.8, 4) is 5.75 Å². The van der Waals surface area contributed by atoms with Crippen LogP contribution in [0.15, 0.2) is 78.6 Å². The van der Waals surface area contributed by atoms with Crippen LogP contribution in [0, 0.1) is 6.92 Å². The van der Waals surface area contributed by atoms with Crippen molar-refractivity contribution in [2.24, 2.45) is 0 Å². The van der Waals surface area contributed by atoms with E-state index in [4.69, 9.17) is 9.47 Å². The number of rotatable bonds is 9. The van der Waals surface area contributed by atoms with Gasteiger partial charge in [0.2, 0.25) is 0 Å². The third kappa shape index (κ3) is 6.02. The van der Waals surface area contributed by atoms with Crippen molar-refractivity contribution in [2.75, 3.05) is 39.4 Å². The highest BCUT2D eigenvalue weighted by molar-refractivity contribution is 6.46. The van der Waals surface area contributed by atoms with Gasteiger partial charge in [0, 0.05) is 44.1 Å². The molecule has 39 heavy (non-hydrogen) atoms. The topological polar surface area (TPSA) is 92.2 Å². The summed E-state index contributed by atoms with van der Waals surface area (Å²) in [5.74, 6) is -0.858. The Balaban J connectivity index is 1.36. The van der Waals surface area contributed by atoms with Crippen LogP contribution in [0.1, 0.15) is 34.7 Å². The van der Waals surface area contributed by atoms with Crippen molar-refractivity contribution >= 4 is 17.4 Å². The summed E-state index contributed by atoms with van der Waals surface area (Å²) < 4.78 is 11.3. The lowest BCUT2D eigenvalue weighted by molar-refractivity contribution is -0.140. The number of hydrogen-bond donors (Lipinski definition) is 1. The fraction of sp³-hybridized carbons (Fsp3) is 0.323. The first-order chi connectivity index (χ1) is 19.0. The van der Waals surface area contributed by atoms with E-state index in [1.54, 1.807) is 47.6 Å². The summed E-state index contributed by atoms with van der Waals surface area (Å²) in [4.78, 5) is 34.5. The van der Waals surface area contributed by atoms with Crippen LogP contribution in [0.4, 0.5) is 0 Å². The van der Waals surface area contributed by atoms with E-state index in [0.717, 1.165) is 30.8 Å². The number of aromatic nitrogens is 1. The number of benzene rings is 2. The number of pyridine rings is 1. The Morgan fingerprint density at radius 1 is 1.03 bits per heavy atom. The molecule has 0 radical (unpaired) electrons. The number of ether oxygens (including phenoxy) is 2. The molecule has 0 bridgehead atoms. The highest BCUT2D eigenvalue weighted by Gasteiger charge is 2.45. The van der Waals surface area contributed by atoms with Gasteiger partial charge in [0.25, 0.3) is 11.7 Å². The molecule has 0 saturated carbocycles. The quantitative estimate of drug-likeness (QED) is 0.254. The molecule has 2 aromatic carbocycles. The lowest BCUT2D eigenvalue weighted by atomic mass is 9.96. The molecule has 2 aliphatic heterocycles. The van der Waals surface area contributed by atoms with Crippen LogP contribution in [0.3, 0.4) is 0 Å². The highest BCUT2D eigenvalue weighted by Crippen LogP contribution is 2.39. The van der Waals surface area contributed by atoms with Gasteiger partial charge in [-0.15, -0.1) is 0 Å². The maximum atomic E-state index is 13.3. The molecule has 0 spiro atoms. The zero-order valence-corrected chi connectivity index (χ0v) is 22.1. The number of hydrogen-bond acceptors (Lipinski definition) is 7. The summed E-state index contributed by atoms with van der Waals surface area (Å²) in [5, 5.41) is 11.3. The Morgan fingerprint density at radius 2 is 1.79 bits per heavy atom. The number of likely N-dealkylation sites (tertiary alicyclic amines) is 1.